The predicted molar refractivity (Wildman–Crippen MR) is 91.4 cm³/mol. The van der Waals surface area contributed by atoms with E-state index in [1.807, 2.05) is 33.0 Å². The van der Waals surface area contributed by atoms with Crippen molar-refractivity contribution in [1.29, 1.82) is 0 Å². The van der Waals surface area contributed by atoms with Crippen LogP contribution in [0, 0.1) is 11.7 Å². The molecule has 0 N–H and O–H groups in total. The average molecular weight is 348 g/mol. The molecule has 7 heteroatoms. The third-order valence-electron chi connectivity index (χ3n) is 4.42. The van der Waals surface area contributed by atoms with Gasteiger partial charge in [-0.15, -0.1) is 5.10 Å². The molecule has 0 spiro atoms. The van der Waals surface area contributed by atoms with Crippen molar-refractivity contribution in [2.45, 2.75) is 45.7 Å². The van der Waals surface area contributed by atoms with Gasteiger partial charge in [-0.25, -0.2) is 9.07 Å². The number of rotatable bonds is 3. The summed E-state index contributed by atoms with van der Waals surface area (Å²) in [7, 11) is 0. The molecule has 1 fully saturated rings. The Balaban J connectivity index is 2.01. The van der Waals surface area contributed by atoms with Crippen LogP contribution in [0.1, 0.15) is 33.6 Å². The molecule has 1 aliphatic carbocycles. The first-order chi connectivity index (χ1) is 11.4. The number of benzene rings is 1. The van der Waals surface area contributed by atoms with E-state index < -0.39 is 5.82 Å². The molecule has 2 heterocycles. The molecule has 0 bridgehead atoms. The Bertz CT molecular complexity index is 917. The fourth-order valence-corrected chi connectivity index (χ4v) is 3.26. The third kappa shape index (κ3) is 2.49. The Morgan fingerprint density at radius 1 is 1.33 bits per heavy atom. The number of halogens is 2. The minimum absolute atomic E-state index is 0.0881. The van der Waals surface area contributed by atoms with Gasteiger partial charge in [-0.2, -0.15) is 0 Å². The van der Waals surface area contributed by atoms with Crippen LogP contribution in [-0.2, 0) is 12.1 Å². The van der Waals surface area contributed by atoms with E-state index in [2.05, 4.69) is 20.1 Å². The highest BCUT2D eigenvalue weighted by atomic mass is 35.5. The lowest BCUT2D eigenvalue weighted by atomic mass is 10.1. The van der Waals surface area contributed by atoms with Crippen molar-refractivity contribution in [3.8, 4) is 11.4 Å². The van der Waals surface area contributed by atoms with Crippen molar-refractivity contribution in [2.24, 2.45) is 5.92 Å². The largest absolute Gasteiger partial charge is 0.347 e. The summed E-state index contributed by atoms with van der Waals surface area (Å²) >= 11 is 6.14. The van der Waals surface area contributed by atoms with E-state index in [1.165, 1.54) is 12.8 Å². The number of tetrazole rings is 1. The Morgan fingerprint density at radius 3 is 2.75 bits per heavy atom. The Morgan fingerprint density at radius 2 is 2.08 bits per heavy atom. The van der Waals surface area contributed by atoms with Gasteiger partial charge in [0.15, 0.2) is 11.6 Å². The Kier molecular flexibility index (Phi) is 3.42. The van der Waals surface area contributed by atoms with Gasteiger partial charge in [0.1, 0.15) is 0 Å². The molecule has 1 saturated carbocycles. The van der Waals surface area contributed by atoms with Crippen LogP contribution < -0.4 is 0 Å². The van der Waals surface area contributed by atoms with Crippen molar-refractivity contribution in [1.82, 2.24) is 24.8 Å². The first-order valence-electron chi connectivity index (χ1n) is 8.12. The summed E-state index contributed by atoms with van der Waals surface area (Å²) < 4.78 is 18.8. The van der Waals surface area contributed by atoms with Gasteiger partial charge in [-0.1, -0.05) is 11.6 Å². The minimum atomic E-state index is -0.472. The molecule has 2 aromatic heterocycles. The van der Waals surface area contributed by atoms with E-state index in [4.69, 9.17) is 11.6 Å². The van der Waals surface area contributed by atoms with E-state index in [0.29, 0.717) is 17.3 Å². The highest BCUT2D eigenvalue weighted by Gasteiger charge is 2.28. The quantitative estimate of drug-likeness (QED) is 0.711. The summed E-state index contributed by atoms with van der Waals surface area (Å²) in [4.78, 5) is 0. The molecular weight excluding hydrogens is 329 g/mol. The monoisotopic (exact) mass is 347 g/mol. The number of nitrogens with zero attached hydrogens (tertiary/aromatic N) is 5. The first-order valence-corrected chi connectivity index (χ1v) is 8.50. The second-order valence-corrected chi connectivity index (χ2v) is 7.89. The first kappa shape index (κ1) is 15.6. The fourth-order valence-electron chi connectivity index (χ4n) is 3.05. The summed E-state index contributed by atoms with van der Waals surface area (Å²) in [5.41, 5.74) is 0.820. The lowest BCUT2D eigenvalue weighted by Crippen LogP contribution is -2.24. The Hall–Kier alpha value is -1.95. The maximum atomic E-state index is 15.0. The molecule has 3 aromatic rings. The zero-order valence-corrected chi connectivity index (χ0v) is 14.7. The molecule has 0 atom stereocenters. The van der Waals surface area contributed by atoms with Crippen LogP contribution in [0.5, 0.6) is 0 Å². The second-order valence-electron chi connectivity index (χ2n) is 7.48. The standard InChI is InChI=1S/C17H19ClFN5/c1-17(2,3)24-16(20-21-22-24)13-14(19)12(18)8-11-6-7-23(15(11)13)9-10-4-5-10/h6-8,10H,4-5,9H2,1-3H3. The summed E-state index contributed by atoms with van der Waals surface area (Å²) in [6.07, 6.45) is 4.45. The molecule has 0 unspecified atom stereocenters. The maximum Gasteiger partial charge on any atom is 0.187 e. The van der Waals surface area contributed by atoms with E-state index in [1.54, 1.807) is 10.7 Å². The van der Waals surface area contributed by atoms with Crippen LogP contribution in [0.15, 0.2) is 18.3 Å². The van der Waals surface area contributed by atoms with E-state index in [9.17, 15) is 0 Å². The average Bonchev–Trinajstić information content (AvgIpc) is 3.02. The van der Waals surface area contributed by atoms with Gasteiger partial charge in [0.25, 0.3) is 0 Å². The van der Waals surface area contributed by atoms with Crippen molar-refractivity contribution < 1.29 is 4.39 Å². The van der Waals surface area contributed by atoms with E-state index >= 15 is 4.39 Å². The lowest BCUT2D eigenvalue weighted by Gasteiger charge is -2.21. The Labute approximate surface area is 144 Å². The number of hydrogen-bond donors (Lipinski definition) is 0. The van der Waals surface area contributed by atoms with Gasteiger partial charge in [0.05, 0.1) is 21.6 Å². The van der Waals surface area contributed by atoms with Crippen LogP contribution in [0.25, 0.3) is 22.3 Å². The number of fused-ring (bicyclic) bond motifs is 1. The summed E-state index contributed by atoms with van der Waals surface area (Å²) in [6.45, 7) is 6.83. The normalized spacial score (nSPS) is 15.4. The van der Waals surface area contributed by atoms with Crippen LogP contribution >= 0.6 is 11.6 Å². The molecule has 0 amide bonds. The predicted octanol–water partition coefficient (Wildman–Crippen LogP) is 4.25. The molecule has 1 aromatic carbocycles. The molecule has 0 radical (unpaired) electrons. The van der Waals surface area contributed by atoms with Crippen molar-refractivity contribution >= 4 is 22.5 Å². The smallest absolute Gasteiger partial charge is 0.187 e. The third-order valence-corrected chi connectivity index (χ3v) is 4.70. The second kappa shape index (κ2) is 5.28. The van der Waals surface area contributed by atoms with E-state index in [0.717, 1.165) is 17.4 Å². The number of aromatic nitrogens is 5. The van der Waals surface area contributed by atoms with Crippen molar-refractivity contribution in [3.63, 3.8) is 0 Å². The van der Waals surface area contributed by atoms with E-state index in [-0.39, 0.29) is 10.6 Å². The maximum absolute atomic E-state index is 15.0. The van der Waals surface area contributed by atoms with Crippen LogP contribution in [0.4, 0.5) is 4.39 Å². The molecule has 5 nitrogen and oxygen atoms in total. The minimum Gasteiger partial charge on any atom is -0.347 e. The topological polar surface area (TPSA) is 48.5 Å². The van der Waals surface area contributed by atoms with Crippen LogP contribution in [0.3, 0.4) is 0 Å². The van der Waals surface area contributed by atoms with Gasteiger partial charge >= 0.3 is 0 Å². The zero-order chi connectivity index (χ0) is 17.1. The van der Waals surface area contributed by atoms with Gasteiger partial charge in [-0.3, -0.25) is 0 Å². The summed E-state index contributed by atoms with van der Waals surface area (Å²) in [5.74, 6) is 0.606. The molecule has 126 valence electrons. The summed E-state index contributed by atoms with van der Waals surface area (Å²) in [6, 6.07) is 3.64. The molecular formula is C17H19ClFN5. The fraction of sp³-hybridized carbons (Fsp3) is 0.471. The molecule has 24 heavy (non-hydrogen) atoms. The molecule has 0 saturated heterocycles. The lowest BCUT2D eigenvalue weighted by molar-refractivity contribution is 0.350. The molecule has 4 rings (SSSR count). The molecule has 1 aliphatic rings. The van der Waals surface area contributed by atoms with Crippen molar-refractivity contribution in [2.75, 3.05) is 0 Å². The van der Waals surface area contributed by atoms with Gasteiger partial charge in [0, 0.05) is 18.1 Å². The van der Waals surface area contributed by atoms with Gasteiger partial charge in [-0.05, 0) is 62.1 Å². The molecule has 0 aliphatic heterocycles. The van der Waals surface area contributed by atoms with Crippen molar-refractivity contribution in [3.05, 3.63) is 29.2 Å². The zero-order valence-electron chi connectivity index (χ0n) is 13.9. The van der Waals surface area contributed by atoms with Gasteiger partial charge in [0.2, 0.25) is 0 Å². The highest BCUT2D eigenvalue weighted by Crippen LogP contribution is 2.38. The SMILES string of the molecule is CC(C)(C)n1nnnc1-c1c(F)c(Cl)cc2ccn(CC3CC3)c12. The van der Waals surface area contributed by atoms with Gasteiger partial charge < -0.3 is 4.57 Å². The summed E-state index contributed by atoms with van der Waals surface area (Å²) in [5, 5.41) is 12.9. The van der Waals surface area contributed by atoms with Crippen LogP contribution in [0.2, 0.25) is 5.02 Å². The highest BCUT2D eigenvalue weighted by molar-refractivity contribution is 6.32. The number of hydrogen-bond acceptors (Lipinski definition) is 3. The van der Waals surface area contributed by atoms with Crippen LogP contribution in [-0.4, -0.2) is 24.8 Å².